The Kier molecular flexibility index (Phi) is 5.84. The molecule has 25 heavy (non-hydrogen) atoms. The number of carbonyl (C=O) groups is 1. The second-order valence-corrected chi connectivity index (χ2v) is 7.68. The standard InChI is InChI=1S/C20H30N2O3/c1-13(2)8-9-25-18-7-4-14(10-19(18)24-3)20(23)22-17-11-15-5-6-16(12-17)21-15/h4,7,10,13,15-17,21H,5-6,8-9,11-12H2,1-3H3,(H,22,23). The number of carbonyl (C=O) groups excluding carboxylic acids is 1. The van der Waals surface area contributed by atoms with E-state index >= 15 is 0 Å². The fraction of sp³-hybridized carbons (Fsp3) is 0.650. The van der Waals surface area contributed by atoms with Crippen molar-refractivity contribution in [3.8, 4) is 11.5 Å². The minimum absolute atomic E-state index is 0.0293. The Morgan fingerprint density at radius 2 is 1.96 bits per heavy atom. The van der Waals surface area contributed by atoms with Gasteiger partial charge in [0, 0.05) is 23.7 Å². The Balaban J connectivity index is 1.60. The van der Waals surface area contributed by atoms with Crippen LogP contribution in [0.3, 0.4) is 0 Å². The number of nitrogens with one attached hydrogen (secondary N) is 2. The molecule has 2 atom stereocenters. The van der Waals surface area contributed by atoms with Crippen LogP contribution in [0.1, 0.15) is 56.3 Å². The first kappa shape index (κ1) is 18.1. The van der Waals surface area contributed by atoms with E-state index in [0.29, 0.717) is 41.7 Å². The maximum absolute atomic E-state index is 12.6. The highest BCUT2D eigenvalue weighted by molar-refractivity contribution is 5.95. The van der Waals surface area contributed by atoms with E-state index in [4.69, 9.17) is 9.47 Å². The van der Waals surface area contributed by atoms with Crippen LogP contribution in [0.5, 0.6) is 11.5 Å². The minimum Gasteiger partial charge on any atom is -0.493 e. The van der Waals surface area contributed by atoms with Crippen LogP contribution in [0.2, 0.25) is 0 Å². The first-order valence-corrected chi connectivity index (χ1v) is 9.43. The minimum atomic E-state index is -0.0293. The molecule has 2 aliphatic heterocycles. The summed E-state index contributed by atoms with van der Waals surface area (Å²) < 4.78 is 11.2. The lowest BCUT2D eigenvalue weighted by Gasteiger charge is -2.29. The lowest BCUT2D eigenvalue weighted by atomic mass is 9.99. The summed E-state index contributed by atoms with van der Waals surface area (Å²) in [5.74, 6) is 1.87. The van der Waals surface area contributed by atoms with Gasteiger partial charge in [-0.25, -0.2) is 0 Å². The zero-order valence-corrected chi connectivity index (χ0v) is 15.5. The van der Waals surface area contributed by atoms with Gasteiger partial charge in [0.2, 0.25) is 0 Å². The van der Waals surface area contributed by atoms with Gasteiger partial charge in [0.25, 0.3) is 5.91 Å². The highest BCUT2D eigenvalue weighted by Crippen LogP contribution is 2.30. The topological polar surface area (TPSA) is 59.6 Å². The summed E-state index contributed by atoms with van der Waals surface area (Å²) >= 11 is 0. The number of benzene rings is 1. The zero-order valence-electron chi connectivity index (χ0n) is 15.5. The van der Waals surface area contributed by atoms with Crippen molar-refractivity contribution in [2.75, 3.05) is 13.7 Å². The molecule has 0 aromatic heterocycles. The third kappa shape index (κ3) is 4.66. The van der Waals surface area contributed by atoms with Crippen LogP contribution in [-0.4, -0.2) is 37.7 Å². The van der Waals surface area contributed by atoms with Crippen molar-refractivity contribution in [3.63, 3.8) is 0 Å². The lowest BCUT2D eigenvalue weighted by Crippen LogP contribution is -2.48. The normalized spacial score (nSPS) is 25.0. The molecule has 2 bridgehead atoms. The van der Waals surface area contributed by atoms with Crippen LogP contribution < -0.4 is 20.1 Å². The first-order valence-electron chi connectivity index (χ1n) is 9.43. The molecule has 138 valence electrons. The van der Waals surface area contributed by atoms with Crippen LogP contribution in [0.25, 0.3) is 0 Å². The second-order valence-electron chi connectivity index (χ2n) is 7.68. The number of methoxy groups -OCH3 is 1. The van der Waals surface area contributed by atoms with Crippen LogP contribution >= 0.6 is 0 Å². The molecular formula is C20H30N2O3. The maximum Gasteiger partial charge on any atom is 0.251 e. The average molecular weight is 346 g/mol. The van der Waals surface area contributed by atoms with E-state index in [9.17, 15) is 4.79 Å². The summed E-state index contributed by atoms with van der Waals surface area (Å²) in [7, 11) is 1.61. The molecule has 2 fully saturated rings. The first-order chi connectivity index (χ1) is 12.0. The summed E-state index contributed by atoms with van der Waals surface area (Å²) in [6.07, 6.45) is 5.50. The molecule has 2 unspecified atom stereocenters. The lowest BCUT2D eigenvalue weighted by molar-refractivity contribution is 0.0923. The molecular weight excluding hydrogens is 316 g/mol. The van der Waals surface area contributed by atoms with Crippen LogP contribution in [-0.2, 0) is 0 Å². The van der Waals surface area contributed by atoms with E-state index < -0.39 is 0 Å². The van der Waals surface area contributed by atoms with E-state index in [1.165, 1.54) is 12.8 Å². The SMILES string of the molecule is COc1cc(C(=O)NC2CC3CCC(C2)N3)ccc1OCCC(C)C. The van der Waals surface area contributed by atoms with Crippen molar-refractivity contribution < 1.29 is 14.3 Å². The fourth-order valence-electron chi connectivity index (χ4n) is 3.78. The Morgan fingerprint density at radius 3 is 2.60 bits per heavy atom. The van der Waals surface area contributed by atoms with Gasteiger partial charge in [-0.15, -0.1) is 0 Å². The molecule has 1 aromatic rings. The number of hydrogen-bond acceptors (Lipinski definition) is 4. The van der Waals surface area contributed by atoms with Gasteiger partial charge < -0.3 is 20.1 Å². The second kappa shape index (κ2) is 8.09. The van der Waals surface area contributed by atoms with Gasteiger partial charge in [-0.3, -0.25) is 4.79 Å². The van der Waals surface area contributed by atoms with E-state index in [0.717, 1.165) is 19.3 Å². The summed E-state index contributed by atoms with van der Waals surface area (Å²) in [5, 5.41) is 6.79. The molecule has 5 heteroatoms. The van der Waals surface area contributed by atoms with Crippen molar-refractivity contribution in [2.45, 2.75) is 64.1 Å². The third-order valence-electron chi connectivity index (χ3n) is 5.19. The Hall–Kier alpha value is -1.75. The van der Waals surface area contributed by atoms with Crippen molar-refractivity contribution in [1.82, 2.24) is 10.6 Å². The number of piperidine rings is 1. The van der Waals surface area contributed by atoms with E-state index in [1.54, 1.807) is 13.2 Å². The van der Waals surface area contributed by atoms with Gasteiger partial charge in [0.15, 0.2) is 11.5 Å². The summed E-state index contributed by atoms with van der Waals surface area (Å²) in [4.78, 5) is 12.6. The Labute approximate surface area is 150 Å². The summed E-state index contributed by atoms with van der Waals surface area (Å²) in [6.45, 7) is 4.99. The highest BCUT2D eigenvalue weighted by atomic mass is 16.5. The third-order valence-corrected chi connectivity index (χ3v) is 5.19. The maximum atomic E-state index is 12.6. The molecule has 2 heterocycles. The quantitative estimate of drug-likeness (QED) is 0.796. The summed E-state index contributed by atoms with van der Waals surface area (Å²) in [5.41, 5.74) is 0.624. The van der Waals surface area contributed by atoms with Crippen LogP contribution in [0.15, 0.2) is 18.2 Å². The van der Waals surface area contributed by atoms with Crippen LogP contribution in [0, 0.1) is 5.92 Å². The van der Waals surface area contributed by atoms with Crippen molar-refractivity contribution in [3.05, 3.63) is 23.8 Å². The number of hydrogen-bond donors (Lipinski definition) is 2. The predicted molar refractivity (Wildman–Crippen MR) is 98.4 cm³/mol. The van der Waals surface area contributed by atoms with Crippen LogP contribution in [0.4, 0.5) is 0 Å². The average Bonchev–Trinajstić information content (AvgIpc) is 2.93. The molecule has 1 aromatic carbocycles. The molecule has 2 aliphatic rings. The van der Waals surface area contributed by atoms with Gasteiger partial charge in [-0.1, -0.05) is 13.8 Å². The van der Waals surface area contributed by atoms with E-state index in [1.807, 2.05) is 12.1 Å². The Morgan fingerprint density at radius 1 is 1.24 bits per heavy atom. The molecule has 0 saturated carbocycles. The molecule has 0 spiro atoms. The molecule has 5 nitrogen and oxygen atoms in total. The Bertz CT molecular complexity index is 591. The molecule has 0 aliphatic carbocycles. The molecule has 2 saturated heterocycles. The molecule has 2 N–H and O–H groups in total. The molecule has 3 rings (SSSR count). The van der Waals surface area contributed by atoms with Crippen molar-refractivity contribution in [1.29, 1.82) is 0 Å². The number of rotatable bonds is 7. The van der Waals surface area contributed by atoms with E-state index in [2.05, 4.69) is 24.5 Å². The van der Waals surface area contributed by atoms with Crippen molar-refractivity contribution >= 4 is 5.91 Å². The van der Waals surface area contributed by atoms with Gasteiger partial charge in [-0.2, -0.15) is 0 Å². The van der Waals surface area contributed by atoms with E-state index in [-0.39, 0.29) is 11.9 Å². The highest BCUT2D eigenvalue weighted by Gasteiger charge is 2.34. The smallest absolute Gasteiger partial charge is 0.251 e. The number of ether oxygens (including phenoxy) is 2. The number of amides is 1. The zero-order chi connectivity index (χ0) is 17.8. The summed E-state index contributed by atoms with van der Waals surface area (Å²) in [6, 6.07) is 6.82. The van der Waals surface area contributed by atoms with Gasteiger partial charge in [-0.05, 0) is 56.2 Å². The monoisotopic (exact) mass is 346 g/mol. The van der Waals surface area contributed by atoms with Crippen molar-refractivity contribution in [2.24, 2.45) is 5.92 Å². The van der Waals surface area contributed by atoms with Gasteiger partial charge in [0.1, 0.15) is 0 Å². The molecule has 0 radical (unpaired) electrons. The fourth-order valence-corrected chi connectivity index (χ4v) is 3.78. The van der Waals surface area contributed by atoms with Gasteiger partial charge >= 0.3 is 0 Å². The largest absolute Gasteiger partial charge is 0.493 e. The molecule has 1 amide bonds. The predicted octanol–water partition coefficient (Wildman–Crippen LogP) is 3.13. The number of fused-ring (bicyclic) bond motifs is 2. The van der Waals surface area contributed by atoms with Gasteiger partial charge in [0.05, 0.1) is 13.7 Å².